The minimum atomic E-state index is 0.216. The molecule has 130 valence electrons. The second kappa shape index (κ2) is 6.73. The second-order valence-electron chi connectivity index (χ2n) is 6.02. The number of fused-ring (bicyclic) bond motifs is 1. The highest BCUT2D eigenvalue weighted by atomic mass is 15.0. The average molecular weight is 352 g/mol. The number of nitrogen functional groups attached to an aromatic ring is 2. The zero-order valence-corrected chi connectivity index (χ0v) is 14.6. The number of nitrogens with two attached hydrogens (primary N) is 2. The molecule has 4 aromatic rings. The fraction of sp³-hybridized carbons (Fsp3) is 0.0476. The topological polar surface area (TPSA) is 104 Å². The molecule has 0 unspecified atom stereocenters. The average Bonchev–Trinajstić information content (AvgIpc) is 2.68. The van der Waals surface area contributed by atoms with E-state index in [2.05, 4.69) is 31.8 Å². The van der Waals surface area contributed by atoms with E-state index in [-0.39, 0.29) is 5.95 Å². The maximum Gasteiger partial charge on any atom is 0.220 e. The zero-order valence-electron chi connectivity index (χ0n) is 14.6. The van der Waals surface area contributed by atoms with Crippen LogP contribution in [0.1, 0.15) is 16.8 Å². The molecule has 0 atom stereocenters. The van der Waals surface area contributed by atoms with E-state index in [9.17, 15) is 0 Å². The summed E-state index contributed by atoms with van der Waals surface area (Å²) in [6.45, 7) is 1.87. The quantitative estimate of drug-likeness (QED) is 0.511. The number of anilines is 2. The highest BCUT2D eigenvalue weighted by molar-refractivity contribution is 5.85. The van der Waals surface area contributed by atoms with Gasteiger partial charge in [0.25, 0.3) is 0 Å². The Morgan fingerprint density at radius 2 is 1.81 bits per heavy atom. The van der Waals surface area contributed by atoms with Crippen molar-refractivity contribution in [2.45, 2.75) is 6.92 Å². The fourth-order valence-electron chi connectivity index (χ4n) is 2.79. The van der Waals surface area contributed by atoms with Crippen molar-refractivity contribution in [2.75, 3.05) is 11.5 Å². The molecule has 0 amide bonds. The predicted molar refractivity (Wildman–Crippen MR) is 107 cm³/mol. The van der Waals surface area contributed by atoms with Gasteiger partial charge in [-0.25, -0.2) is 15.0 Å². The SMILES string of the molecule is Cc1nc(N)nc(-c2ccc3ncccc3c2)c1C#Cc1ccc(N)nc1. The second-order valence-corrected chi connectivity index (χ2v) is 6.02. The molecule has 0 fully saturated rings. The molecule has 3 heterocycles. The lowest BCUT2D eigenvalue weighted by atomic mass is 10.0. The van der Waals surface area contributed by atoms with Gasteiger partial charge in [0, 0.05) is 28.9 Å². The summed E-state index contributed by atoms with van der Waals surface area (Å²) in [5.74, 6) is 6.93. The Labute approximate surface area is 156 Å². The van der Waals surface area contributed by atoms with Crippen LogP contribution >= 0.6 is 0 Å². The molecule has 0 spiro atoms. The highest BCUT2D eigenvalue weighted by Crippen LogP contribution is 2.26. The minimum Gasteiger partial charge on any atom is -0.384 e. The summed E-state index contributed by atoms with van der Waals surface area (Å²) in [6.07, 6.45) is 3.41. The number of pyridine rings is 2. The van der Waals surface area contributed by atoms with Crippen molar-refractivity contribution in [3.05, 3.63) is 71.7 Å². The van der Waals surface area contributed by atoms with Gasteiger partial charge >= 0.3 is 0 Å². The smallest absolute Gasteiger partial charge is 0.220 e. The highest BCUT2D eigenvalue weighted by Gasteiger charge is 2.12. The molecule has 0 bridgehead atoms. The van der Waals surface area contributed by atoms with E-state index in [4.69, 9.17) is 11.5 Å². The van der Waals surface area contributed by atoms with Crippen molar-refractivity contribution in [1.29, 1.82) is 0 Å². The number of hydrogen-bond donors (Lipinski definition) is 2. The number of rotatable bonds is 1. The van der Waals surface area contributed by atoms with Crippen molar-refractivity contribution < 1.29 is 0 Å². The van der Waals surface area contributed by atoms with Gasteiger partial charge in [0.15, 0.2) is 0 Å². The van der Waals surface area contributed by atoms with Crippen LogP contribution in [0.3, 0.4) is 0 Å². The van der Waals surface area contributed by atoms with Crippen LogP contribution in [0.25, 0.3) is 22.2 Å². The largest absolute Gasteiger partial charge is 0.384 e. The molecular formula is C21H16N6. The molecule has 1 aromatic carbocycles. The number of aromatic nitrogens is 4. The third-order valence-corrected chi connectivity index (χ3v) is 4.10. The van der Waals surface area contributed by atoms with E-state index < -0.39 is 0 Å². The molecule has 0 saturated carbocycles. The van der Waals surface area contributed by atoms with Crippen molar-refractivity contribution in [3.63, 3.8) is 0 Å². The first kappa shape index (κ1) is 16.5. The Kier molecular flexibility index (Phi) is 4.11. The number of benzene rings is 1. The van der Waals surface area contributed by atoms with E-state index in [0.717, 1.165) is 33.3 Å². The van der Waals surface area contributed by atoms with Gasteiger partial charge in [-0.3, -0.25) is 4.98 Å². The van der Waals surface area contributed by atoms with Gasteiger partial charge in [-0.2, -0.15) is 0 Å². The Hall–Kier alpha value is -3.98. The maximum absolute atomic E-state index is 5.90. The van der Waals surface area contributed by atoms with Crippen LogP contribution in [0.15, 0.2) is 54.9 Å². The lowest BCUT2D eigenvalue weighted by molar-refractivity contribution is 1.11. The Bertz CT molecular complexity index is 1200. The van der Waals surface area contributed by atoms with Crippen LogP contribution in [-0.4, -0.2) is 19.9 Å². The summed E-state index contributed by atoms with van der Waals surface area (Å²) < 4.78 is 0. The van der Waals surface area contributed by atoms with Gasteiger partial charge in [-0.1, -0.05) is 24.0 Å². The molecule has 6 nitrogen and oxygen atoms in total. The molecule has 0 aliphatic heterocycles. The van der Waals surface area contributed by atoms with Crippen LogP contribution in [0.4, 0.5) is 11.8 Å². The van der Waals surface area contributed by atoms with Gasteiger partial charge in [0.1, 0.15) is 5.82 Å². The molecule has 4 rings (SSSR count). The van der Waals surface area contributed by atoms with E-state index in [1.165, 1.54) is 0 Å². The van der Waals surface area contributed by atoms with Crippen molar-refractivity contribution in [1.82, 2.24) is 19.9 Å². The van der Waals surface area contributed by atoms with Gasteiger partial charge in [-0.15, -0.1) is 0 Å². The van der Waals surface area contributed by atoms with Crippen LogP contribution < -0.4 is 11.5 Å². The standard InChI is InChI=1S/C21H16N6/c1-13-17(7-4-14-5-9-19(22)25-12-14)20(27-21(23)26-13)16-6-8-18-15(11-16)3-2-10-24-18/h2-3,5-6,8-12H,1H3,(H2,22,25)(H2,23,26,27). The van der Waals surface area contributed by atoms with Crippen LogP contribution in [-0.2, 0) is 0 Å². The zero-order chi connectivity index (χ0) is 18.8. The number of nitrogens with zero attached hydrogens (tertiary/aromatic N) is 4. The van der Waals surface area contributed by atoms with Gasteiger partial charge < -0.3 is 11.5 Å². The molecule has 0 aliphatic carbocycles. The summed E-state index contributed by atoms with van der Waals surface area (Å²) in [7, 11) is 0. The van der Waals surface area contributed by atoms with E-state index in [1.54, 1.807) is 18.5 Å². The lowest BCUT2D eigenvalue weighted by Gasteiger charge is -2.09. The van der Waals surface area contributed by atoms with Gasteiger partial charge in [-0.05, 0) is 37.3 Å². The summed E-state index contributed by atoms with van der Waals surface area (Å²) >= 11 is 0. The van der Waals surface area contributed by atoms with E-state index >= 15 is 0 Å². The summed E-state index contributed by atoms with van der Waals surface area (Å²) in [4.78, 5) is 17.1. The normalized spacial score (nSPS) is 10.4. The Balaban J connectivity index is 1.86. The summed E-state index contributed by atoms with van der Waals surface area (Å²) in [5, 5.41) is 1.02. The van der Waals surface area contributed by atoms with Crippen molar-refractivity contribution in [3.8, 4) is 23.1 Å². The van der Waals surface area contributed by atoms with Gasteiger partial charge in [0.2, 0.25) is 5.95 Å². The first-order valence-corrected chi connectivity index (χ1v) is 8.33. The summed E-state index contributed by atoms with van der Waals surface area (Å²) in [5.41, 5.74) is 16.2. The van der Waals surface area contributed by atoms with E-state index in [1.807, 2.05) is 43.3 Å². The number of aryl methyl sites for hydroxylation is 1. The fourth-order valence-corrected chi connectivity index (χ4v) is 2.79. The van der Waals surface area contributed by atoms with Crippen molar-refractivity contribution in [2.24, 2.45) is 0 Å². The molecule has 6 heteroatoms. The third kappa shape index (κ3) is 3.39. The van der Waals surface area contributed by atoms with Crippen LogP contribution in [0.2, 0.25) is 0 Å². The van der Waals surface area contributed by atoms with Gasteiger partial charge in [0.05, 0.1) is 22.5 Å². The van der Waals surface area contributed by atoms with Crippen molar-refractivity contribution >= 4 is 22.7 Å². The molecule has 0 radical (unpaired) electrons. The van der Waals surface area contributed by atoms with Crippen LogP contribution in [0, 0.1) is 18.8 Å². The Morgan fingerprint density at radius 1 is 0.926 bits per heavy atom. The van der Waals surface area contributed by atoms with E-state index in [0.29, 0.717) is 11.5 Å². The first-order chi connectivity index (χ1) is 13.1. The minimum absolute atomic E-state index is 0.216. The first-order valence-electron chi connectivity index (χ1n) is 8.33. The number of hydrogen-bond acceptors (Lipinski definition) is 6. The third-order valence-electron chi connectivity index (χ3n) is 4.10. The molecule has 27 heavy (non-hydrogen) atoms. The molecule has 0 saturated heterocycles. The Morgan fingerprint density at radius 3 is 2.63 bits per heavy atom. The lowest BCUT2D eigenvalue weighted by Crippen LogP contribution is -2.03. The molecule has 0 aliphatic rings. The molecule has 4 N–H and O–H groups in total. The predicted octanol–water partition coefficient (Wildman–Crippen LogP) is 2.96. The van der Waals surface area contributed by atoms with Crippen LogP contribution in [0.5, 0.6) is 0 Å². The monoisotopic (exact) mass is 352 g/mol. The summed E-state index contributed by atoms with van der Waals surface area (Å²) in [6, 6.07) is 13.4. The molecule has 3 aromatic heterocycles. The maximum atomic E-state index is 5.90. The molecular weight excluding hydrogens is 336 g/mol.